The van der Waals surface area contributed by atoms with Crippen molar-refractivity contribution < 1.29 is 9.00 Å². The van der Waals surface area contributed by atoms with Crippen LogP contribution in [0.2, 0.25) is 0 Å². The van der Waals surface area contributed by atoms with Crippen LogP contribution in [0.1, 0.15) is 26.2 Å². The average molecular weight is 246 g/mol. The minimum atomic E-state index is -0.793. The second kappa shape index (κ2) is 7.01. The molecule has 0 saturated carbocycles. The van der Waals surface area contributed by atoms with E-state index >= 15 is 0 Å². The first-order chi connectivity index (χ1) is 7.61. The Bertz CT molecular complexity index is 252. The standard InChI is InChI=1S/C11H22N2O2S/c1-9(16(2)15)5-7-13-11(14)10-4-3-6-12-8-10/h9-10,12H,3-8H2,1-2H3,(H,13,14). The number of carbonyl (C=O) groups is 1. The van der Waals surface area contributed by atoms with Crippen LogP contribution in [0.3, 0.4) is 0 Å². The van der Waals surface area contributed by atoms with Gasteiger partial charge in [0.25, 0.3) is 0 Å². The van der Waals surface area contributed by atoms with E-state index in [9.17, 15) is 9.00 Å². The maximum atomic E-state index is 11.7. The summed E-state index contributed by atoms with van der Waals surface area (Å²) in [7, 11) is -0.793. The van der Waals surface area contributed by atoms with Gasteiger partial charge in [-0.15, -0.1) is 0 Å². The minimum absolute atomic E-state index is 0.121. The van der Waals surface area contributed by atoms with Crippen molar-refractivity contribution in [2.45, 2.75) is 31.4 Å². The predicted octanol–water partition coefficient (Wildman–Crippen LogP) is 0.259. The maximum absolute atomic E-state index is 11.7. The molecule has 1 rings (SSSR count). The van der Waals surface area contributed by atoms with Crippen LogP contribution < -0.4 is 10.6 Å². The maximum Gasteiger partial charge on any atom is 0.224 e. The van der Waals surface area contributed by atoms with Gasteiger partial charge in [0.2, 0.25) is 5.91 Å². The Morgan fingerprint density at radius 3 is 2.94 bits per heavy atom. The Hall–Kier alpha value is -0.420. The Balaban J connectivity index is 2.16. The Labute approximate surface area is 100 Å². The summed E-state index contributed by atoms with van der Waals surface area (Å²) in [5.41, 5.74) is 0. The van der Waals surface area contributed by atoms with Gasteiger partial charge in [-0.05, 0) is 25.8 Å². The second-order valence-electron chi connectivity index (χ2n) is 4.43. The molecule has 5 heteroatoms. The van der Waals surface area contributed by atoms with E-state index in [0.29, 0.717) is 6.54 Å². The lowest BCUT2D eigenvalue weighted by atomic mass is 9.99. The number of hydrogen-bond acceptors (Lipinski definition) is 3. The molecule has 3 unspecified atom stereocenters. The number of amides is 1. The summed E-state index contributed by atoms with van der Waals surface area (Å²) < 4.78 is 11.1. The zero-order valence-corrected chi connectivity index (χ0v) is 10.9. The lowest BCUT2D eigenvalue weighted by molar-refractivity contribution is -0.125. The normalized spacial score (nSPS) is 24.8. The molecule has 1 fully saturated rings. The molecule has 4 nitrogen and oxygen atoms in total. The minimum Gasteiger partial charge on any atom is -0.356 e. The highest BCUT2D eigenvalue weighted by atomic mass is 32.2. The number of carbonyl (C=O) groups excluding carboxylic acids is 1. The van der Waals surface area contributed by atoms with Crippen molar-refractivity contribution in [3.8, 4) is 0 Å². The molecule has 0 aromatic rings. The predicted molar refractivity (Wildman–Crippen MR) is 66.7 cm³/mol. The van der Waals surface area contributed by atoms with Crippen molar-refractivity contribution in [1.82, 2.24) is 10.6 Å². The molecule has 0 spiro atoms. The van der Waals surface area contributed by atoms with Gasteiger partial charge in [-0.1, -0.05) is 6.92 Å². The molecule has 0 aromatic carbocycles. The molecule has 0 aliphatic carbocycles. The van der Waals surface area contributed by atoms with E-state index in [4.69, 9.17) is 0 Å². The summed E-state index contributed by atoms with van der Waals surface area (Å²) in [6, 6.07) is 0. The van der Waals surface area contributed by atoms with Crippen LogP contribution >= 0.6 is 0 Å². The van der Waals surface area contributed by atoms with E-state index in [1.165, 1.54) is 0 Å². The van der Waals surface area contributed by atoms with E-state index < -0.39 is 10.8 Å². The first kappa shape index (κ1) is 13.6. The van der Waals surface area contributed by atoms with Gasteiger partial charge in [-0.25, -0.2) is 0 Å². The molecule has 1 saturated heterocycles. The van der Waals surface area contributed by atoms with Crippen LogP contribution in [-0.2, 0) is 15.6 Å². The SMILES string of the molecule is CC(CCNC(=O)C1CCCNC1)S(C)=O. The Morgan fingerprint density at radius 2 is 2.38 bits per heavy atom. The van der Waals surface area contributed by atoms with Gasteiger partial charge in [0.1, 0.15) is 0 Å². The summed E-state index contributed by atoms with van der Waals surface area (Å²) in [4.78, 5) is 11.7. The van der Waals surface area contributed by atoms with E-state index in [2.05, 4.69) is 10.6 Å². The second-order valence-corrected chi connectivity index (χ2v) is 6.23. The lowest BCUT2D eigenvalue weighted by Crippen LogP contribution is -2.41. The quantitative estimate of drug-likeness (QED) is 0.731. The van der Waals surface area contributed by atoms with Crippen molar-refractivity contribution in [3.05, 3.63) is 0 Å². The fraction of sp³-hybridized carbons (Fsp3) is 0.909. The fourth-order valence-electron chi connectivity index (χ4n) is 1.78. The van der Waals surface area contributed by atoms with Gasteiger partial charge >= 0.3 is 0 Å². The molecule has 1 aliphatic heterocycles. The number of piperidine rings is 1. The largest absolute Gasteiger partial charge is 0.356 e. The molecule has 0 aromatic heterocycles. The van der Waals surface area contributed by atoms with Crippen molar-refractivity contribution in [2.24, 2.45) is 5.92 Å². The smallest absolute Gasteiger partial charge is 0.224 e. The molecular weight excluding hydrogens is 224 g/mol. The molecule has 16 heavy (non-hydrogen) atoms. The van der Waals surface area contributed by atoms with Crippen LogP contribution in [0.15, 0.2) is 0 Å². The molecule has 94 valence electrons. The molecular formula is C11H22N2O2S. The molecule has 1 heterocycles. The summed E-state index contributed by atoms with van der Waals surface area (Å²) in [5, 5.41) is 6.31. The first-order valence-corrected chi connectivity index (χ1v) is 7.54. The average Bonchev–Trinajstić information content (AvgIpc) is 2.29. The van der Waals surface area contributed by atoms with Crippen LogP contribution in [-0.4, -0.2) is 41.3 Å². The molecule has 3 atom stereocenters. The third-order valence-electron chi connectivity index (χ3n) is 3.08. The highest BCUT2D eigenvalue weighted by Crippen LogP contribution is 2.09. The molecule has 2 N–H and O–H groups in total. The summed E-state index contributed by atoms with van der Waals surface area (Å²) >= 11 is 0. The van der Waals surface area contributed by atoms with E-state index in [1.807, 2.05) is 6.92 Å². The topological polar surface area (TPSA) is 58.2 Å². The van der Waals surface area contributed by atoms with Crippen LogP contribution in [0, 0.1) is 5.92 Å². The Morgan fingerprint density at radius 1 is 1.62 bits per heavy atom. The zero-order chi connectivity index (χ0) is 12.0. The van der Waals surface area contributed by atoms with Crippen molar-refractivity contribution in [1.29, 1.82) is 0 Å². The summed E-state index contributed by atoms with van der Waals surface area (Å²) in [6.07, 6.45) is 4.55. The fourth-order valence-corrected chi connectivity index (χ4v) is 2.23. The van der Waals surface area contributed by atoms with E-state index in [-0.39, 0.29) is 17.1 Å². The lowest BCUT2D eigenvalue weighted by Gasteiger charge is -2.22. The first-order valence-electron chi connectivity index (χ1n) is 5.92. The highest BCUT2D eigenvalue weighted by molar-refractivity contribution is 7.84. The number of nitrogens with one attached hydrogen (secondary N) is 2. The Kier molecular flexibility index (Phi) is 5.98. The number of hydrogen-bond donors (Lipinski definition) is 2. The number of rotatable bonds is 5. The van der Waals surface area contributed by atoms with Crippen LogP contribution in [0.5, 0.6) is 0 Å². The van der Waals surface area contributed by atoms with Gasteiger partial charge in [0.15, 0.2) is 0 Å². The van der Waals surface area contributed by atoms with E-state index in [0.717, 1.165) is 32.4 Å². The highest BCUT2D eigenvalue weighted by Gasteiger charge is 2.20. The summed E-state index contributed by atoms with van der Waals surface area (Å²) in [5.74, 6) is 0.262. The van der Waals surface area contributed by atoms with Gasteiger partial charge in [0.05, 0.1) is 5.92 Å². The monoisotopic (exact) mass is 246 g/mol. The third kappa shape index (κ3) is 4.61. The molecule has 1 aliphatic rings. The van der Waals surface area contributed by atoms with Gasteiger partial charge in [0, 0.05) is 35.4 Å². The van der Waals surface area contributed by atoms with Crippen LogP contribution in [0.25, 0.3) is 0 Å². The van der Waals surface area contributed by atoms with Gasteiger partial charge in [-0.2, -0.15) is 0 Å². The molecule has 1 amide bonds. The van der Waals surface area contributed by atoms with Gasteiger partial charge < -0.3 is 10.6 Å². The molecule has 0 radical (unpaired) electrons. The van der Waals surface area contributed by atoms with Crippen LogP contribution in [0.4, 0.5) is 0 Å². The van der Waals surface area contributed by atoms with Gasteiger partial charge in [-0.3, -0.25) is 9.00 Å². The van der Waals surface area contributed by atoms with Crippen molar-refractivity contribution >= 4 is 16.7 Å². The third-order valence-corrected chi connectivity index (χ3v) is 4.45. The van der Waals surface area contributed by atoms with Crippen molar-refractivity contribution in [3.63, 3.8) is 0 Å². The summed E-state index contributed by atoms with van der Waals surface area (Å²) in [6.45, 7) is 4.40. The van der Waals surface area contributed by atoms with E-state index in [1.54, 1.807) is 6.26 Å². The van der Waals surface area contributed by atoms with Crippen molar-refractivity contribution in [2.75, 3.05) is 25.9 Å². The zero-order valence-electron chi connectivity index (χ0n) is 10.1. The molecule has 0 bridgehead atoms.